The van der Waals surface area contributed by atoms with E-state index in [1.807, 2.05) is 12.2 Å². The number of esters is 2. The molecule has 0 aliphatic carbocycles. The molecule has 13 heteroatoms. The highest BCUT2D eigenvalue weighted by Gasteiger charge is 2.27. The van der Waals surface area contributed by atoms with Crippen molar-refractivity contribution in [2.24, 2.45) is 5.92 Å². The molecule has 0 aliphatic rings. The lowest BCUT2D eigenvalue weighted by Gasteiger charge is -2.20. The smallest absolute Gasteiger partial charge is 0.462 e. The predicted octanol–water partition coefficient (Wildman–Crippen LogP) is 8.19. The minimum absolute atomic E-state index is 0.0719. The Bertz CT molecular complexity index is 1050. The van der Waals surface area contributed by atoms with Crippen molar-refractivity contribution in [3.05, 3.63) is 36.5 Å². The zero-order valence-corrected chi connectivity index (χ0v) is 34.5. The lowest BCUT2D eigenvalue weighted by Crippen LogP contribution is -2.30. The van der Waals surface area contributed by atoms with Gasteiger partial charge in [0.2, 0.25) is 0 Å². The van der Waals surface area contributed by atoms with Crippen molar-refractivity contribution in [2.45, 2.75) is 180 Å². The lowest BCUT2D eigenvalue weighted by atomic mass is 9.99. The summed E-state index contributed by atoms with van der Waals surface area (Å²) in [6, 6.07) is 0. The molecule has 0 aliphatic heterocycles. The zero-order chi connectivity index (χ0) is 40.3. The van der Waals surface area contributed by atoms with Crippen LogP contribution in [0.1, 0.15) is 156 Å². The van der Waals surface area contributed by atoms with Gasteiger partial charge in [0.1, 0.15) is 12.7 Å². The topological polar surface area (TPSA) is 189 Å². The van der Waals surface area contributed by atoms with Crippen molar-refractivity contribution in [2.75, 3.05) is 26.4 Å². The number of phosphoric ester groups is 1. The zero-order valence-electron chi connectivity index (χ0n) is 33.6. The van der Waals surface area contributed by atoms with Crippen LogP contribution in [0.25, 0.3) is 0 Å². The van der Waals surface area contributed by atoms with E-state index in [0.29, 0.717) is 6.42 Å². The average molecular weight is 791 g/mol. The third-order valence-electron chi connectivity index (χ3n) is 9.04. The summed E-state index contributed by atoms with van der Waals surface area (Å²) in [5.41, 5.74) is 0. The monoisotopic (exact) mass is 790 g/mol. The van der Waals surface area contributed by atoms with E-state index in [9.17, 15) is 34.4 Å². The second kappa shape index (κ2) is 35.5. The molecule has 0 rings (SSSR count). The Morgan fingerprint density at radius 1 is 0.667 bits per heavy atom. The molecule has 0 radical (unpaired) electrons. The number of aliphatic hydroxyl groups excluding tert-OH is 4. The Morgan fingerprint density at radius 3 is 1.91 bits per heavy atom. The first kappa shape index (κ1) is 52.1. The maximum Gasteiger partial charge on any atom is 0.472 e. The number of carbonyl (C=O) groups is 2. The average Bonchev–Trinajstić information content (AvgIpc) is 3.15. The molecule has 4 unspecified atom stereocenters. The molecular formula is C41H75O12P. The SMILES string of the molecule is CCCCC/C=C\C/C=C\C/C=C\CC(O)C(O)CCCC(=O)OC[C@H](COP(=O)(O)OC[C@@H](O)CO)OC(=O)CCCCCCCCCCC(C)CC. The number of ether oxygens (including phenoxy) is 2. The van der Waals surface area contributed by atoms with Gasteiger partial charge in [0, 0.05) is 12.8 Å². The molecule has 0 spiro atoms. The maximum absolute atomic E-state index is 12.6. The van der Waals surface area contributed by atoms with Gasteiger partial charge in [-0.3, -0.25) is 18.6 Å². The van der Waals surface area contributed by atoms with Crippen LogP contribution < -0.4 is 0 Å². The standard InChI is InChI=1S/C41H75O12P/c1-4-6-7-8-9-10-11-12-13-17-20-23-27-38(44)39(45)28-25-30-40(46)50-33-37(34-52-54(48,49)51-32-36(43)31-42)53-41(47)29-24-21-18-15-14-16-19-22-26-35(3)5-2/h9-10,12-13,20,23,35-39,42-45H,4-8,11,14-19,21-22,24-34H2,1-3H3,(H,48,49)/b10-9-,13-12-,23-20-/t35?,36-,37+,38?,39?/m0/s1. The van der Waals surface area contributed by atoms with E-state index in [1.165, 1.54) is 57.8 Å². The largest absolute Gasteiger partial charge is 0.472 e. The van der Waals surface area contributed by atoms with Gasteiger partial charge in [-0.15, -0.1) is 0 Å². The Hall–Kier alpha value is -1.89. The van der Waals surface area contributed by atoms with Gasteiger partial charge in [-0.2, -0.15) is 0 Å². The minimum atomic E-state index is -4.68. The van der Waals surface area contributed by atoms with Crippen LogP contribution in [0.2, 0.25) is 0 Å². The molecule has 0 saturated heterocycles. The quantitative estimate of drug-likeness (QED) is 0.0176. The normalized spacial score (nSPS) is 16.1. The van der Waals surface area contributed by atoms with Crippen LogP contribution in [-0.2, 0) is 32.7 Å². The highest BCUT2D eigenvalue weighted by Crippen LogP contribution is 2.43. The summed E-state index contributed by atoms with van der Waals surface area (Å²) in [7, 11) is -4.68. The van der Waals surface area contributed by atoms with E-state index in [2.05, 4.69) is 49.6 Å². The van der Waals surface area contributed by atoms with Gasteiger partial charge >= 0.3 is 19.8 Å². The predicted molar refractivity (Wildman–Crippen MR) is 213 cm³/mol. The molecule has 0 aromatic rings. The highest BCUT2D eigenvalue weighted by molar-refractivity contribution is 7.47. The van der Waals surface area contributed by atoms with Crippen LogP contribution in [0.3, 0.4) is 0 Å². The second-order valence-electron chi connectivity index (χ2n) is 14.2. The Balaban J connectivity index is 4.59. The van der Waals surface area contributed by atoms with Gasteiger partial charge in [-0.05, 0) is 57.3 Å². The minimum Gasteiger partial charge on any atom is -0.462 e. The summed E-state index contributed by atoms with van der Waals surface area (Å²) < 4.78 is 32.4. The summed E-state index contributed by atoms with van der Waals surface area (Å²) in [6.07, 6.45) is 25.8. The van der Waals surface area contributed by atoms with E-state index in [4.69, 9.17) is 19.1 Å². The van der Waals surface area contributed by atoms with Crippen molar-refractivity contribution in [3.63, 3.8) is 0 Å². The Labute approximate surface area is 326 Å². The molecule has 6 atom stereocenters. The Kier molecular flexibility index (Phi) is 34.3. The molecule has 0 amide bonds. The number of unbranched alkanes of at least 4 members (excludes halogenated alkanes) is 10. The van der Waals surface area contributed by atoms with Crippen molar-refractivity contribution >= 4 is 19.8 Å². The molecule has 0 aromatic heterocycles. The van der Waals surface area contributed by atoms with Gasteiger partial charge in [-0.1, -0.05) is 128 Å². The molecule has 316 valence electrons. The first-order valence-electron chi connectivity index (χ1n) is 20.5. The first-order valence-corrected chi connectivity index (χ1v) is 22.0. The van der Waals surface area contributed by atoms with Gasteiger partial charge in [0.15, 0.2) is 6.10 Å². The number of aliphatic hydroxyl groups is 4. The third-order valence-corrected chi connectivity index (χ3v) is 9.99. The molecule has 5 N–H and O–H groups in total. The fourth-order valence-corrected chi connectivity index (χ4v) is 6.10. The number of phosphoric acid groups is 1. The van der Waals surface area contributed by atoms with Crippen molar-refractivity contribution < 1.29 is 58.0 Å². The van der Waals surface area contributed by atoms with Crippen LogP contribution in [0.4, 0.5) is 0 Å². The lowest BCUT2D eigenvalue weighted by molar-refractivity contribution is -0.161. The van der Waals surface area contributed by atoms with E-state index < -0.39 is 70.6 Å². The molecule has 54 heavy (non-hydrogen) atoms. The molecule has 0 bridgehead atoms. The number of carbonyl (C=O) groups excluding carboxylic acids is 2. The van der Waals surface area contributed by atoms with Gasteiger partial charge in [-0.25, -0.2) is 4.57 Å². The molecule has 0 saturated carbocycles. The number of hydrogen-bond acceptors (Lipinski definition) is 11. The van der Waals surface area contributed by atoms with Crippen LogP contribution in [0, 0.1) is 5.92 Å². The fourth-order valence-electron chi connectivity index (χ4n) is 5.31. The number of rotatable bonds is 37. The summed E-state index contributed by atoms with van der Waals surface area (Å²) in [5.74, 6) is -0.425. The van der Waals surface area contributed by atoms with Crippen LogP contribution in [0.15, 0.2) is 36.5 Å². The van der Waals surface area contributed by atoms with E-state index in [1.54, 1.807) is 0 Å². The maximum atomic E-state index is 12.6. The van der Waals surface area contributed by atoms with E-state index in [0.717, 1.165) is 44.4 Å². The van der Waals surface area contributed by atoms with Crippen molar-refractivity contribution in [1.29, 1.82) is 0 Å². The van der Waals surface area contributed by atoms with Crippen LogP contribution in [-0.4, -0.2) is 88.1 Å². The van der Waals surface area contributed by atoms with Crippen LogP contribution >= 0.6 is 7.82 Å². The van der Waals surface area contributed by atoms with E-state index in [-0.39, 0.29) is 32.1 Å². The van der Waals surface area contributed by atoms with Gasteiger partial charge < -0.3 is 34.8 Å². The molecule has 0 fully saturated rings. The van der Waals surface area contributed by atoms with E-state index >= 15 is 0 Å². The first-order chi connectivity index (χ1) is 25.9. The van der Waals surface area contributed by atoms with Gasteiger partial charge in [0.05, 0.1) is 32.0 Å². The van der Waals surface area contributed by atoms with Crippen molar-refractivity contribution in [1.82, 2.24) is 0 Å². The molecule has 0 aromatic carbocycles. The van der Waals surface area contributed by atoms with Crippen molar-refractivity contribution in [3.8, 4) is 0 Å². The molecular weight excluding hydrogens is 715 g/mol. The molecule has 12 nitrogen and oxygen atoms in total. The summed E-state index contributed by atoms with van der Waals surface area (Å²) in [6.45, 7) is 4.30. The summed E-state index contributed by atoms with van der Waals surface area (Å²) >= 11 is 0. The number of allylic oxidation sites excluding steroid dienone is 5. The fraction of sp³-hybridized carbons (Fsp3) is 0.805. The second-order valence-corrected chi connectivity index (χ2v) is 15.7. The third kappa shape index (κ3) is 33.4. The highest BCUT2D eigenvalue weighted by atomic mass is 31.2. The van der Waals surface area contributed by atoms with Gasteiger partial charge in [0.25, 0.3) is 0 Å². The number of hydrogen-bond donors (Lipinski definition) is 5. The summed E-state index contributed by atoms with van der Waals surface area (Å²) in [4.78, 5) is 34.9. The Morgan fingerprint density at radius 2 is 1.26 bits per heavy atom. The summed E-state index contributed by atoms with van der Waals surface area (Å²) in [5, 5.41) is 38.9. The van der Waals surface area contributed by atoms with Crippen LogP contribution in [0.5, 0.6) is 0 Å². The molecule has 0 heterocycles.